The second-order valence-electron chi connectivity index (χ2n) is 2.77. The standard InChI is InChI=1S/C10H14O.C2H6/c1-3-9-5-4-6-10(7-9)8(2)11;1-2/h4-8,11H,3H2,1-2H3;1-2H3. The first-order valence-electron chi connectivity index (χ1n) is 5.01. The summed E-state index contributed by atoms with van der Waals surface area (Å²) in [5.41, 5.74) is 2.28. The SMILES string of the molecule is CC.CCc1cccc(C(C)O)c1. The molecule has 0 heterocycles. The van der Waals surface area contributed by atoms with Crippen LogP contribution in [0.1, 0.15) is 44.9 Å². The van der Waals surface area contributed by atoms with Gasteiger partial charge >= 0.3 is 0 Å². The molecule has 0 saturated heterocycles. The highest BCUT2D eigenvalue weighted by Gasteiger charge is 1.99. The Morgan fingerprint density at radius 2 is 1.92 bits per heavy atom. The van der Waals surface area contributed by atoms with Gasteiger partial charge < -0.3 is 5.11 Å². The monoisotopic (exact) mass is 180 g/mol. The maximum atomic E-state index is 9.24. The van der Waals surface area contributed by atoms with Gasteiger partial charge in [0.1, 0.15) is 0 Å². The van der Waals surface area contributed by atoms with Crippen molar-refractivity contribution in [2.24, 2.45) is 0 Å². The lowest BCUT2D eigenvalue weighted by Gasteiger charge is -2.05. The zero-order valence-electron chi connectivity index (χ0n) is 9.04. The van der Waals surface area contributed by atoms with E-state index in [1.165, 1.54) is 5.56 Å². The number of rotatable bonds is 2. The summed E-state index contributed by atoms with van der Waals surface area (Å²) in [6.07, 6.45) is 0.682. The quantitative estimate of drug-likeness (QED) is 0.740. The topological polar surface area (TPSA) is 20.2 Å². The van der Waals surface area contributed by atoms with E-state index in [1.807, 2.05) is 32.0 Å². The molecular weight excluding hydrogens is 160 g/mol. The van der Waals surface area contributed by atoms with Gasteiger partial charge in [0.25, 0.3) is 0 Å². The summed E-state index contributed by atoms with van der Waals surface area (Å²) in [5, 5.41) is 9.24. The van der Waals surface area contributed by atoms with Crippen LogP contribution in [0, 0.1) is 0 Å². The first-order valence-corrected chi connectivity index (χ1v) is 5.01. The van der Waals surface area contributed by atoms with Crippen molar-refractivity contribution < 1.29 is 5.11 Å². The van der Waals surface area contributed by atoms with Crippen LogP contribution in [-0.4, -0.2) is 5.11 Å². The molecule has 1 nitrogen and oxygen atoms in total. The summed E-state index contributed by atoms with van der Waals surface area (Å²) in [5.74, 6) is 0. The minimum atomic E-state index is -0.346. The molecule has 1 N–H and O–H groups in total. The van der Waals surface area contributed by atoms with Crippen molar-refractivity contribution in [1.29, 1.82) is 0 Å². The third-order valence-electron chi connectivity index (χ3n) is 1.84. The first-order chi connectivity index (χ1) is 6.24. The normalized spacial score (nSPS) is 11.5. The minimum absolute atomic E-state index is 0.346. The van der Waals surface area contributed by atoms with E-state index in [-0.39, 0.29) is 6.10 Å². The van der Waals surface area contributed by atoms with Crippen molar-refractivity contribution in [3.8, 4) is 0 Å². The third kappa shape index (κ3) is 4.09. The zero-order valence-corrected chi connectivity index (χ0v) is 9.04. The number of hydrogen-bond acceptors (Lipinski definition) is 1. The Kier molecular flexibility index (Phi) is 6.25. The molecule has 1 atom stereocenters. The number of hydrogen-bond donors (Lipinski definition) is 1. The average Bonchev–Trinajstić information content (AvgIpc) is 2.21. The van der Waals surface area contributed by atoms with E-state index in [0.29, 0.717) is 0 Å². The Morgan fingerprint density at radius 1 is 1.31 bits per heavy atom. The fraction of sp³-hybridized carbons (Fsp3) is 0.500. The predicted molar refractivity (Wildman–Crippen MR) is 57.8 cm³/mol. The van der Waals surface area contributed by atoms with Crippen LogP contribution in [0.4, 0.5) is 0 Å². The average molecular weight is 180 g/mol. The molecule has 74 valence electrons. The molecule has 0 amide bonds. The lowest BCUT2D eigenvalue weighted by molar-refractivity contribution is 0.199. The van der Waals surface area contributed by atoms with Crippen LogP contribution in [0.3, 0.4) is 0 Å². The molecule has 0 aliphatic carbocycles. The summed E-state index contributed by atoms with van der Waals surface area (Å²) in [6.45, 7) is 7.90. The van der Waals surface area contributed by atoms with Gasteiger partial charge in [0.05, 0.1) is 6.10 Å². The van der Waals surface area contributed by atoms with Crippen LogP contribution in [0.25, 0.3) is 0 Å². The number of benzene rings is 1. The molecule has 1 rings (SSSR count). The lowest BCUT2D eigenvalue weighted by Crippen LogP contribution is -1.91. The molecule has 0 saturated carbocycles. The van der Waals surface area contributed by atoms with Crippen LogP contribution < -0.4 is 0 Å². The van der Waals surface area contributed by atoms with Gasteiger partial charge in [0, 0.05) is 0 Å². The van der Waals surface area contributed by atoms with Crippen LogP contribution in [0.5, 0.6) is 0 Å². The van der Waals surface area contributed by atoms with Gasteiger partial charge in [-0.15, -0.1) is 0 Å². The molecule has 1 unspecified atom stereocenters. The molecule has 0 aromatic heterocycles. The van der Waals surface area contributed by atoms with E-state index in [4.69, 9.17) is 0 Å². The van der Waals surface area contributed by atoms with E-state index < -0.39 is 0 Å². The summed E-state index contributed by atoms with van der Waals surface area (Å²) in [4.78, 5) is 0. The number of aliphatic hydroxyl groups is 1. The lowest BCUT2D eigenvalue weighted by atomic mass is 10.1. The van der Waals surface area contributed by atoms with E-state index in [9.17, 15) is 5.11 Å². The smallest absolute Gasteiger partial charge is 0.0762 e. The highest BCUT2D eigenvalue weighted by atomic mass is 16.3. The summed E-state index contributed by atoms with van der Waals surface area (Å²) in [6, 6.07) is 8.06. The van der Waals surface area contributed by atoms with Gasteiger partial charge in [0.2, 0.25) is 0 Å². The largest absolute Gasteiger partial charge is 0.389 e. The van der Waals surface area contributed by atoms with Crippen LogP contribution in [0.15, 0.2) is 24.3 Å². The van der Waals surface area contributed by atoms with Crippen LogP contribution >= 0.6 is 0 Å². The van der Waals surface area contributed by atoms with Crippen molar-refractivity contribution in [2.75, 3.05) is 0 Å². The summed E-state index contributed by atoms with van der Waals surface area (Å²) < 4.78 is 0. The minimum Gasteiger partial charge on any atom is -0.389 e. The van der Waals surface area contributed by atoms with Crippen molar-refractivity contribution >= 4 is 0 Å². The Labute approximate surface area is 81.4 Å². The van der Waals surface area contributed by atoms with Crippen LogP contribution in [-0.2, 0) is 6.42 Å². The van der Waals surface area contributed by atoms with Crippen molar-refractivity contribution in [1.82, 2.24) is 0 Å². The van der Waals surface area contributed by atoms with E-state index in [2.05, 4.69) is 13.0 Å². The Balaban J connectivity index is 0.000000671. The van der Waals surface area contributed by atoms with Crippen molar-refractivity contribution in [3.05, 3.63) is 35.4 Å². The maximum Gasteiger partial charge on any atom is 0.0762 e. The molecule has 0 bridgehead atoms. The number of aliphatic hydroxyl groups excluding tert-OH is 1. The predicted octanol–water partition coefficient (Wildman–Crippen LogP) is 3.33. The van der Waals surface area contributed by atoms with Crippen molar-refractivity contribution in [2.45, 2.75) is 40.2 Å². The molecule has 1 aromatic carbocycles. The fourth-order valence-electron chi connectivity index (χ4n) is 1.07. The molecule has 0 aliphatic rings. The Bertz CT molecular complexity index is 228. The molecule has 13 heavy (non-hydrogen) atoms. The summed E-state index contributed by atoms with van der Waals surface area (Å²) in [7, 11) is 0. The first kappa shape index (κ1) is 12.2. The van der Waals surface area contributed by atoms with Gasteiger partial charge in [-0.05, 0) is 24.5 Å². The molecule has 1 heteroatoms. The molecular formula is C12H20O. The van der Waals surface area contributed by atoms with Gasteiger partial charge in [-0.1, -0.05) is 45.0 Å². The van der Waals surface area contributed by atoms with Crippen LogP contribution in [0.2, 0.25) is 0 Å². The van der Waals surface area contributed by atoms with E-state index in [1.54, 1.807) is 6.92 Å². The van der Waals surface area contributed by atoms with Gasteiger partial charge in [0.15, 0.2) is 0 Å². The van der Waals surface area contributed by atoms with Gasteiger partial charge in [-0.2, -0.15) is 0 Å². The second kappa shape index (κ2) is 6.67. The number of aryl methyl sites for hydroxylation is 1. The van der Waals surface area contributed by atoms with Gasteiger partial charge in [-0.25, -0.2) is 0 Å². The van der Waals surface area contributed by atoms with E-state index >= 15 is 0 Å². The third-order valence-corrected chi connectivity index (χ3v) is 1.84. The zero-order chi connectivity index (χ0) is 10.3. The molecule has 0 radical (unpaired) electrons. The molecule has 0 aliphatic heterocycles. The summed E-state index contributed by atoms with van der Waals surface area (Å²) >= 11 is 0. The van der Waals surface area contributed by atoms with E-state index in [0.717, 1.165) is 12.0 Å². The second-order valence-corrected chi connectivity index (χ2v) is 2.77. The highest BCUT2D eigenvalue weighted by Crippen LogP contribution is 2.13. The Morgan fingerprint density at radius 3 is 2.38 bits per heavy atom. The van der Waals surface area contributed by atoms with Crippen molar-refractivity contribution in [3.63, 3.8) is 0 Å². The molecule has 1 aromatic rings. The molecule has 0 spiro atoms. The maximum absolute atomic E-state index is 9.24. The highest BCUT2D eigenvalue weighted by molar-refractivity contribution is 5.24. The molecule has 0 fully saturated rings. The van der Waals surface area contributed by atoms with Gasteiger partial charge in [-0.3, -0.25) is 0 Å². The fourth-order valence-corrected chi connectivity index (χ4v) is 1.07. The Hall–Kier alpha value is -0.820.